The molecule has 108 valence electrons. The fourth-order valence-electron chi connectivity index (χ4n) is 2.69. The van der Waals surface area contributed by atoms with E-state index in [1.165, 1.54) is 0 Å². The standard InChI is InChI=1S/C13H21NO4S/c1-2-12-14(10(8-19-12)13(16)17)11(15)6-5-9-4-3-7-18-9/h9-10,12H,2-8H2,1H3,(H,16,17). The van der Waals surface area contributed by atoms with Gasteiger partial charge in [-0.05, 0) is 25.7 Å². The van der Waals surface area contributed by atoms with E-state index in [9.17, 15) is 14.7 Å². The molecule has 0 aromatic carbocycles. The molecule has 0 aliphatic carbocycles. The lowest BCUT2D eigenvalue weighted by Crippen LogP contribution is -2.45. The molecule has 0 aromatic heterocycles. The Balaban J connectivity index is 1.91. The van der Waals surface area contributed by atoms with Crippen LogP contribution in [0.2, 0.25) is 0 Å². The molecule has 5 nitrogen and oxygen atoms in total. The summed E-state index contributed by atoms with van der Waals surface area (Å²) in [5.74, 6) is -0.437. The van der Waals surface area contributed by atoms with Crippen LogP contribution in [-0.4, -0.2) is 51.8 Å². The molecule has 2 fully saturated rings. The zero-order valence-corrected chi connectivity index (χ0v) is 12.0. The first-order valence-corrected chi connectivity index (χ1v) is 7.95. The Labute approximate surface area is 117 Å². The van der Waals surface area contributed by atoms with Gasteiger partial charge in [0.1, 0.15) is 6.04 Å². The summed E-state index contributed by atoms with van der Waals surface area (Å²) < 4.78 is 5.50. The van der Waals surface area contributed by atoms with Crippen LogP contribution in [0.15, 0.2) is 0 Å². The number of rotatable bonds is 5. The van der Waals surface area contributed by atoms with Crippen LogP contribution in [0.4, 0.5) is 0 Å². The molecule has 0 aromatic rings. The summed E-state index contributed by atoms with van der Waals surface area (Å²) in [6.07, 6.45) is 4.16. The molecule has 2 saturated heterocycles. The molecule has 0 spiro atoms. The lowest BCUT2D eigenvalue weighted by atomic mass is 10.1. The highest BCUT2D eigenvalue weighted by atomic mass is 32.2. The van der Waals surface area contributed by atoms with E-state index in [1.54, 1.807) is 16.7 Å². The summed E-state index contributed by atoms with van der Waals surface area (Å²) in [4.78, 5) is 25.1. The average Bonchev–Trinajstić information content (AvgIpc) is 3.04. The minimum atomic E-state index is -0.895. The molecule has 6 heteroatoms. The number of thioether (sulfide) groups is 1. The SMILES string of the molecule is CCC1SCC(C(=O)O)N1C(=O)CCC1CCCO1. The first kappa shape index (κ1) is 14.7. The highest BCUT2D eigenvalue weighted by Crippen LogP contribution is 2.32. The van der Waals surface area contributed by atoms with E-state index in [0.29, 0.717) is 18.6 Å². The van der Waals surface area contributed by atoms with E-state index in [4.69, 9.17) is 4.74 Å². The van der Waals surface area contributed by atoms with Gasteiger partial charge in [0.2, 0.25) is 5.91 Å². The lowest BCUT2D eigenvalue weighted by molar-refractivity contribution is -0.149. The summed E-state index contributed by atoms with van der Waals surface area (Å²) in [6, 6.07) is -0.660. The molecule has 3 atom stereocenters. The molecular weight excluding hydrogens is 266 g/mol. The minimum Gasteiger partial charge on any atom is -0.480 e. The van der Waals surface area contributed by atoms with E-state index in [-0.39, 0.29) is 17.4 Å². The highest BCUT2D eigenvalue weighted by molar-refractivity contribution is 8.00. The van der Waals surface area contributed by atoms with Gasteiger partial charge in [0.05, 0.1) is 11.5 Å². The molecule has 0 saturated carbocycles. The number of nitrogens with zero attached hydrogens (tertiary/aromatic N) is 1. The van der Waals surface area contributed by atoms with Crippen molar-refractivity contribution in [3.63, 3.8) is 0 Å². The predicted octanol–water partition coefficient (Wildman–Crippen LogP) is 1.71. The third kappa shape index (κ3) is 3.42. The Hall–Kier alpha value is -0.750. The van der Waals surface area contributed by atoms with Crippen molar-refractivity contribution in [3.8, 4) is 0 Å². The van der Waals surface area contributed by atoms with E-state index in [2.05, 4.69) is 0 Å². The van der Waals surface area contributed by atoms with Gasteiger partial charge < -0.3 is 14.7 Å². The molecule has 0 radical (unpaired) electrons. The van der Waals surface area contributed by atoms with E-state index < -0.39 is 12.0 Å². The quantitative estimate of drug-likeness (QED) is 0.834. The molecule has 2 heterocycles. The number of hydrogen-bond acceptors (Lipinski definition) is 4. The first-order valence-electron chi connectivity index (χ1n) is 6.90. The summed E-state index contributed by atoms with van der Waals surface area (Å²) in [6.45, 7) is 2.77. The maximum Gasteiger partial charge on any atom is 0.327 e. The molecule has 1 N–H and O–H groups in total. The lowest BCUT2D eigenvalue weighted by Gasteiger charge is -2.27. The Kier molecular flexibility index (Phi) is 5.10. The molecule has 1 amide bonds. The second-order valence-corrected chi connectivity index (χ2v) is 6.24. The smallest absolute Gasteiger partial charge is 0.327 e. The topological polar surface area (TPSA) is 66.8 Å². The fourth-order valence-corrected chi connectivity index (χ4v) is 4.06. The van der Waals surface area contributed by atoms with Gasteiger partial charge in [0.25, 0.3) is 0 Å². The predicted molar refractivity (Wildman–Crippen MR) is 73.0 cm³/mol. The normalized spacial score (nSPS) is 30.8. The second-order valence-electron chi connectivity index (χ2n) is 5.02. The van der Waals surface area contributed by atoms with Crippen molar-refractivity contribution in [2.24, 2.45) is 0 Å². The van der Waals surface area contributed by atoms with Crippen LogP contribution in [0.25, 0.3) is 0 Å². The first-order chi connectivity index (χ1) is 9.13. The number of aliphatic carboxylic acids is 1. The van der Waals surface area contributed by atoms with Crippen LogP contribution in [0.3, 0.4) is 0 Å². The van der Waals surface area contributed by atoms with Gasteiger partial charge in [-0.15, -0.1) is 11.8 Å². The van der Waals surface area contributed by atoms with Crippen molar-refractivity contribution >= 4 is 23.6 Å². The molecule has 2 aliphatic heterocycles. The third-order valence-corrected chi connectivity index (χ3v) is 5.17. The van der Waals surface area contributed by atoms with Crippen LogP contribution in [0.5, 0.6) is 0 Å². The van der Waals surface area contributed by atoms with E-state index >= 15 is 0 Å². The zero-order valence-electron chi connectivity index (χ0n) is 11.2. The average molecular weight is 287 g/mol. The van der Waals surface area contributed by atoms with Crippen molar-refractivity contribution in [2.75, 3.05) is 12.4 Å². The highest BCUT2D eigenvalue weighted by Gasteiger charge is 2.40. The van der Waals surface area contributed by atoms with Gasteiger partial charge in [0, 0.05) is 18.8 Å². The van der Waals surface area contributed by atoms with E-state index in [1.807, 2.05) is 6.92 Å². The number of carbonyl (C=O) groups is 2. The molecule has 3 unspecified atom stereocenters. The van der Waals surface area contributed by atoms with E-state index in [0.717, 1.165) is 25.9 Å². The summed E-state index contributed by atoms with van der Waals surface area (Å²) in [5.41, 5.74) is 0. The molecule has 0 bridgehead atoms. The van der Waals surface area contributed by atoms with Crippen LogP contribution in [0, 0.1) is 0 Å². The van der Waals surface area contributed by atoms with Crippen molar-refractivity contribution in [3.05, 3.63) is 0 Å². The number of carboxylic acids is 1. The fraction of sp³-hybridized carbons (Fsp3) is 0.846. The van der Waals surface area contributed by atoms with Crippen molar-refractivity contribution < 1.29 is 19.4 Å². The summed E-state index contributed by atoms with van der Waals surface area (Å²) >= 11 is 1.57. The Morgan fingerprint density at radius 1 is 1.47 bits per heavy atom. The van der Waals surface area contributed by atoms with Crippen molar-refractivity contribution in [1.82, 2.24) is 4.90 Å². The van der Waals surface area contributed by atoms with Gasteiger partial charge in [0.15, 0.2) is 0 Å². The van der Waals surface area contributed by atoms with Crippen LogP contribution in [0.1, 0.15) is 39.0 Å². The van der Waals surface area contributed by atoms with Gasteiger partial charge in [-0.25, -0.2) is 4.79 Å². The molecule has 2 rings (SSSR count). The minimum absolute atomic E-state index is 0.0121. The van der Waals surface area contributed by atoms with Gasteiger partial charge in [-0.2, -0.15) is 0 Å². The largest absolute Gasteiger partial charge is 0.480 e. The van der Waals surface area contributed by atoms with Crippen LogP contribution >= 0.6 is 11.8 Å². The maximum absolute atomic E-state index is 12.3. The number of ether oxygens (including phenoxy) is 1. The molecule has 2 aliphatic rings. The van der Waals surface area contributed by atoms with Crippen LogP contribution < -0.4 is 0 Å². The van der Waals surface area contributed by atoms with Gasteiger partial charge in [-0.1, -0.05) is 6.92 Å². The second kappa shape index (κ2) is 6.61. The van der Waals surface area contributed by atoms with Gasteiger partial charge >= 0.3 is 5.97 Å². The zero-order chi connectivity index (χ0) is 13.8. The summed E-state index contributed by atoms with van der Waals surface area (Å²) in [7, 11) is 0. The third-order valence-electron chi connectivity index (χ3n) is 3.72. The van der Waals surface area contributed by atoms with Gasteiger partial charge in [-0.3, -0.25) is 4.79 Å². The number of amides is 1. The maximum atomic E-state index is 12.3. The monoisotopic (exact) mass is 287 g/mol. The summed E-state index contributed by atoms with van der Waals surface area (Å²) in [5, 5.41) is 9.21. The van der Waals surface area contributed by atoms with Crippen LogP contribution in [-0.2, 0) is 14.3 Å². The Morgan fingerprint density at radius 2 is 2.26 bits per heavy atom. The Morgan fingerprint density at radius 3 is 2.84 bits per heavy atom. The van der Waals surface area contributed by atoms with Crippen molar-refractivity contribution in [2.45, 2.75) is 56.5 Å². The number of carbonyl (C=O) groups excluding carboxylic acids is 1. The number of hydrogen-bond donors (Lipinski definition) is 1. The molecular formula is C13H21NO4S. The Bertz CT molecular complexity index is 344. The molecule has 19 heavy (non-hydrogen) atoms. The van der Waals surface area contributed by atoms with Crippen molar-refractivity contribution in [1.29, 1.82) is 0 Å². The number of carboxylic acid groups (broad SMARTS) is 1.